The molecule has 0 saturated heterocycles. The molecule has 1 rings (SSSR count). The lowest BCUT2D eigenvalue weighted by atomic mass is 10.1. The Balaban J connectivity index is 3.27. The Labute approximate surface area is 81.0 Å². The smallest absolute Gasteiger partial charge is 0.141 e. The molecule has 0 spiro atoms. The first-order valence-electron chi connectivity index (χ1n) is 3.86. The number of halogens is 1. The molecule has 14 heavy (non-hydrogen) atoms. The van der Waals surface area contributed by atoms with E-state index < -0.39 is 5.82 Å². The van der Waals surface area contributed by atoms with Crippen LogP contribution < -0.4 is 4.74 Å². The zero-order chi connectivity index (χ0) is 10.6. The molecular weight excluding hydrogens is 183 g/mol. The van der Waals surface area contributed by atoms with E-state index in [0.29, 0.717) is 11.3 Å². The summed E-state index contributed by atoms with van der Waals surface area (Å²) in [5, 5.41) is 17.0. The van der Waals surface area contributed by atoms with Gasteiger partial charge in [0.2, 0.25) is 0 Å². The van der Waals surface area contributed by atoms with E-state index in [2.05, 4.69) is 0 Å². The fraction of sp³-hybridized carbons (Fsp3) is 0.200. The minimum absolute atomic E-state index is 0.0613. The Morgan fingerprint density at radius 2 is 2.14 bits per heavy atom. The van der Waals surface area contributed by atoms with Crippen molar-refractivity contribution in [2.45, 2.75) is 6.42 Å². The van der Waals surface area contributed by atoms with Gasteiger partial charge in [-0.15, -0.1) is 0 Å². The molecule has 1 aromatic rings. The number of hydrogen-bond acceptors (Lipinski definition) is 3. The van der Waals surface area contributed by atoms with Crippen molar-refractivity contribution >= 4 is 0 Å². The molecule has 0 aliphatic rings. The number of benzene rings is 1. The number of nitrogens with zero attached hydrogens (tertiary/aromatic N) is 2. The predicted molar refractivity (Wildman–Crippen MR) is 47.0 cm³/mol. The van der Waals surface area contributed by atoms with Gasteiger partial charge in [-0.1, -0.05) is 0 Å². The number of methoxy groups -OCH3 is 1. The van der Waals surface area contributed by atoms with Gasteiger partial charge in [0.25, 0.3) is 0 Å². The average Bonchev–Trinajstić information content (AvgIpc) is 2.19. The highest BCUT2D eigenvalue weighted by Crippen LogP contribution is 2.22. The van der Waals surface area contributed by atoms with Gasteiger partial charge in [-0.2, -0.15) is 10.5 Å². The van der Waals surface area contributed by atoms with Crippen molar-refractivity contribution in [1.29, 1.82) is 10.5 Å². The summed E-state index contributed by atoms with van der Waals surface area (Å²) < 4.78 is 18.0. The van der Waals surface area contributed by atoms with Gasteiger partial charge in [-0.25, -0.2) is 4.39 Å². The van der Waals surface area contributed by atoms with Crippen LogP contribution in [-0.2, 0) is 6.42 Å². The molecule has 4 heteroatoms. The van der Waals surface area contributed by atoms with Gasteiger partial charge in [0.1, 0.15) is 17.6 Å². The Morgan fingerprint density at radius 1 is 1.43 bits per heavy atom. The van der Waals surface area contributed by atoms with Crippen molar-refractivity contribution in [3.8, 4) is 17.9 Å². The minimum Gasteiger partial charge on any atom is -0.496 e. The van der Waals surface area contributed by atoms with Gasteiger partial charge in [-0.05, 0) is 6.07 Å². The monoisotopic (exact) mass is 190 g/mol. The lowest BCUT2D eigenvalue weighted by Gasteiger charge is -2.06. The van der Waals surface area contributed by atoms with Crippen LogP contribution in [0.25, 0.3) is 0 Å². The van der Waals surface area contributed by atoms with Crippen LogP contribution in [0.5, 0.6) is 5.75 Å². The largest absolute Gasteiger partial charge is 0.496 e. The van der Waals surface area contributed by atoms with Gasteiger partial charge in [-0.3, -0.25) is 0 Å². The molecule has 0 bridgehead atoms. The predicted octanol–water partition coefficient (Wildman–Crippen LogP) is 1.77. The summed E-state index contributed by atoms with van der Waals surface area (Å²) in [5.74, 6) is -0.261. The van der Waals surface area contributed by atoms with E-state index in [1.54, 1.807) is 6.07 Å². The Hall–Kier alpha value is -2.07. The quantitative estimate of drug-likeness (QED) is 0.714. The van der Waals surface area contributed by atoms with Gasteiger partial charge >= 0.3 is 0 Å². The molecule has 0 amide bonds. The highest BCUT2D eigenvalue weighted by Gasteiger charge is 2.09. The molecule has 1 aromatic carbocycles. The second-order valence-electron chi connectivity index (χ2n) is 2.59. The van der Waals surface area contributed by atoms with Gasteiger partial charge in [0.05, 0.1) is 25.2 Å². The maximum atomic E-state index is 13.1. The lowest BCUT2D eigenvalue weighted by molar-refractivity contribution is 0.409. The molecule has 0 N–H and O–H groups in total. The third kappa shape index (κ3) is 1.81. The lowest BCUT2D eigenvalue weighted by Crippen LogP contribution is -1.95. The highest BCUT2D eigenvalue weighted by molar-refractivity contribution is 5.44. The second kappa shape index (κ2) is 4.25. The molecule has 0 radical (unpaired) electrons. The Kier molecular flexibility index (Phi) is 3.04. The van der Waals surface area contributed by atoms with Gasteiger partial charge in [0, 0.05) is 11.6 Å². The van der Waals surface area contributed by atoms with Crippen molar-refractivity contribution in [2.24, 2.45) is 0 Å². The van der Waals surface area contributed by atoms with Crippen LogP contribution in [0.3, 0.4) is 0 Å². The Morgan fingerprint density at radius 3 is 2.64 bits per heavy atom. The summed E-state index contributed by atoms with van der Waals surface area (Å²) in [5.41, 5.74) is 0.370. The van der Waals surface area contributed by atoms with Crippen molar-refractivity contribution in [2.75, 3.05) is 7.11 Å². The molecular formula is C10H7FN2O. The molecule has 0 aromatic heterocycles. The molecule has 0 unspecified atom stereocenters. The number of rotatable bonds is 2. The first-order valence-corrected chi connectivity index (χ1v) is 3.86. The van der Waals surface area contributed by atoms with Crippen molar-refractivity contribution in [3.63, 3.8) is 0 Å². The maximum Gasteiger partial charge on any atom is 0.141 e. The zero-order valence-electron chi connectivity index (χ0n) is 7.54. The summed E-state index contributed by atoms with van der Waals surface area (Å²) in [6.07, 6.45) is 0.0613. The molecule has 0 atom stereocenters. The first-order chi connectivity index (χ1) is 6.72. The summed E-state index contributed by atoms with van der Waals surface area (Å²) in [7, 11) is 1.41. The van der Waals surface area contributed by atoms with Crippen molar-refractivity contribution in [3.05, 3.63) is 29.1 Å². The fourth-order valence-corrected chi connectivity index (χ4v) is 1.09. The van der Waals surface area contributed by atoms with Crippen molar-refractivity contribution in [1.82, 2.24) is 0 Å². The van der Waals surface area contributed by atoms with Crippen LogP contribution in [0.2, 0.25) is 0 Å². The molecule has 70 valence electrons. The van der Waals surface area contributed by atoms with Gasteiger partial charge in [0.15, 0.2) is 0 Å². The molecule has 0 aliphatic carbocycles. The van der Waals surface area contributed by atoms with Crippen LogP contribution in [0, 0.1) is 28.5 Å². The molecule has 0 aliphatic heterocycles. The molecule has 0 fully saturated rings. The SMILES string of the molecule is COc1cc(C#N)c(F)cc1CC#N. The standard InChI is InChI=1S/C10H7FN2O/c1-14-10-5-8(6-13)9(11)4-7(10)2-3-12/h4-5H,2H2,1H3. The van der Waals surface area contributed by atoms with E-state index in [1.165, 1.54) is 13.2 Å². The normalized spacial score (nSPS) is 8.86. The maximum absolute atomic E-state index is 13.1. The van der Waals surface area contributed by atoms with E-state index in [0.717, 1.165) is 6.07 Å². The highest BCUT2D eigenvalue weighted by atomic mass is 19.1. The summed E-state index contributed by atoms with van der Waals surface area (Å²) in [6.45, 7) is 0. The third-order valence-corrected chi connectivity index (χ3v) is 1.76. The number of hydrogen-bond donors (Lipinski definition) is 0. The van der Waals surface area contributed by atoms with Gasteiger partial charge < -0.3 is 4.74 Å². The van der Waals surface area contributed by atoms with Crippen LogP contribution >= 0.6 is 0 Å². The summed E-state index contributed by atoms with van der Waals surface area (Å²) >= 11 is 0. The van der Waals surface area contributed by atoms with E-state index in [-0.39, 0.29) is 12.0 Å². The third-order valence-electron chi connectivity index (χ3n) is 1.76. The fourth-order valence-electron chi connectivity index (χ4n) is 1.09. The van der Waals surface area contributed by atoms with Crippen LogP contribution in [0.15, 0.2) is 12.1 Å². The van der Waals surface area contributed by atoms with Crippen LogP contribution in [0.1, 0.15) is 11.1 Å². The van der Waals surface area contributed by atoms with E-state index in [9.17, 15) is 4.39 Å². The van der Waals surface area contributed by atoms with Crippen LogP contribution in [0.4, 0.5) is 4.39 Å². The van der Waals surface area contributed by atoms with E-state index in [4.69, 9.17) is 15.3 Å². The number of nitriles is 2. The second-order valence-corrected chi connectivity index (χ2v) is 2.59. The van der Waals surface area contributed by atoms with Crippen molar-refractivity contribution < 1.29 is 9.13 Å². The van der Waals surface area contributed by atoms with E-state index >= 15 is 0 Å². The molecule has 0 heterocycles. The van der Waals surface area contributed by atoms with E-state index in [1.807, 2.05) is 6.07 Å². The zero-order valence-corrected chi connectivity index (χ0v) is 7.54. The topological polar surface area (TPSA) is 56.8 Å². The first kappa shape index (κ1) is 10.0. The minimum atomic E-state index is -0.626. The Bertz CT molecular complexity index is 429. The molecule has 0 saturated carbocycles. The number of ether oxygens (including phenoxy) is 1. The van der Waals surface area contributed by atoms with Crippen LogP contribution in [-0.4, -0.2) is 7.11 Å². The summed E-state index contributed by atoms with van der Waals surface area (Å²) in [6, 6.07) is 6.04. The average molecular weight is 190 g/mol. The molecule has 3 nitrogen and oxygen atoms in total. The summed E-state index contributed by atoms with van der Waals surface area (Å²) in [4.78, 5) is 0.